The molecule has 0 bridgehead atoms. The number of aliphatic hydroxyl groups excluding tert-OH is 1. The molecule has 1 aliphatic rings. The lowest BCUT2D eigenvalue weighted by Crippen LogP contribution is -2.39. The smallest absolute Gasteiger partial charge is 0.191 e. The fourth-order valence-electron chi connectivity index (χ4n) is 3.74. The number of aliphatic hydroxyl groups is 1. The number of halogens is 1. The van der Waals surface area contributed by atoms with Gasteiger partial charge in [-0.25, -0.2) is 0 Å². The van der Waals surface area contributed by atoms with Crippen LogP contribution in [0.2, 0.25) is 0 Å². The van der Waals surface area contributed by atoms with E-state index in [2.05, 4.69) is 51.7 Å². The molecule has 1 saturated heterocycles. The van der Waals surface area contributed by atoms with Crippen molar-refractivity contribution in [1.82, 2.24) is 10.6 Å². The summed E-state index contributed by atoms with van der Waals surface area (Å²) < 4.78 is 0. The highest BCUT2D eigenvalue weighted by molar-refractivity contribution is 14.0. The highest BCUT2D eigenvalue weighted by Gasteiger charge is 2.15. The van der Waals surface area contributed by atoms with Crippen LogP contribution in [0.3, 0.4) is 0 Å². The molecule has 164 valence electrons. The van der Waals surface area contributed by atoms with E-state index in [1.165, 1.54) is 24.1 Å². The predicted octanol–water partition coefficient (Wildman–Crippen LogP) is 4.56. The molecule has 0 aromatic heterocycles. The largest absolute Gasteiger partial charge is 0.386 e. The van der Waals surface area contributed by atoms with Gasteiger partial charge in [0.25, 0.3) is 0 Å². The molecule has 0 spiro atoms. The Balaban J connectivity index is 0.00000320. The Bertz CT molecular complexity index is 820. The molecule has 3 rings (SSSR count). The number of benzene rings is 2. The molecule has 2 unspecified atom stereocenters. The number of nitrogens with zero attached hydrogens (tertiary/aromatic N) is 2. The SMILES string of the molecule is CCNC(=NCC(O)c1cccc(C)c1)NC(C)c1cccc(N2CCCC2)c1.I. The fourth-order valence-corrected chi connectivity index (χ4v) is 3.74. The summed E-state index contributed by atoms with van der Waals surface area (Å²) in [4.78, 5) is 7.07. The van der Waals surface area contributed by atoms with Crippen molar-refractivity contribution in [2.24, 2.45) is 4.99 Å². The van der Waals surface area contributed by atoms with E-state index in [0.29, 0.717) is 6.54 Å². The normalized spacial score (nSPS) is 16.0. The zero-order valence-corrected chi connectivity index (χ0v) is 20.6. The number of hydrogen-bond acceptors (Lipinski definition) is 3. The molecule has 0 radical (unpaired) electrons. The number of guanidine groups is 1. The van der Waals surface area contributed by atoms with Crippen LogP contribution in [-0.2, 0) is 0 Å². The molecule has 2 aromatic rings. The maximum Gasteiger partial charge on any atom is 0.191 e. The third kappa shape index (κ3) is 6.87. The van der Waals surface area contributed by atoms with Gasteiger partial charge >= 0.3 is 0 Å². The average molecular weight is 522 g/mol. The Morgan fingerprint density at radius 1 is 1.10 bits per heavy atom. The molecule has 0 aliphatic carbocycles. The van der Waals surface area contributed by atoms with Crippen molar-refractivity contribution in [3.05, 3.63) is 65.2 Å². The van der Waals surface area contributed by atoms with Crippen LogP contribution in [0.4, 0.5) is 5.69 Å². The number of aliphatic imine (C=N–C) groups is 1. The van der Waals surface area contributed by atoms with Crippen molar-refractivity contribution in [2.45, 2.75) is 45.8 Å². The van der Waals surface area contributed by atoms with Crippen LogP contribution >= 0.6 is 24.0 Å². The van der Waals surface area contributed by atoms with E-state index >= 15 is 0 Å². The summed E-state index contributed by atoms with van der Waals surface area (Å²) in [5.74, 6) is 0.721. The number of rotatable bonds is 7. The molecule has 1 heterocycles. The van der Waals surface area contributed by atoms with Crippen LogP contribution in [0.1, 0.15) is 55.5 Å². The van der Waals surface area contributed by atoms with Gasteiger partial charge in [0, 0.05) is 25.3 Å². The Morgan fingerprint density at radius 2 is 1.80 bits per heavy atom. The summed E-state index contributed by atoms with van der Waals surface area (Å²) in [6.45, 7) is 9.60. The number of anilines is 1. The lowest BCUT2D eigenvalue weighted by atomic mass is 10.1. The zero-order chi connectivity index (χ0) is 20.6. The second kappa shape index (κ2) is 12.2. The monoisotopic (exact) mass is 522 g/mol. The van der Waals surface area contributed by atoms with E-state index in [1.807, 2.05) is 38.1 Å². The van der Waals surface area contributed by atoms with Gasteiger partial charge in [-0.1, -0.05) is 42.0 Å². The molecule has 1 fully saturated rings. The third-order valence-electron chi connectivity index (χ3n) is 5.39. The van der Waals surface area contributed by atoms with E-state index in [0.717, 1.165) is 36.7 Å². The lowest BCUT2D eigenvalue weighted by Gasteiger charge is -2.22. The minimum absolute atomic E-state index is 0. The van der Waals surface area contributed by atoms with Gasteiger partial charge in [0.2, 0.25) is 0 Å². The maximum absolute atomic E-state index is 10.5. The third-order valence-corrected chi connectivity index (χ3v) is 5.39. The van der Waals surface area contributed by atoms with Crippen molar-refractivity contribution in [3.63, 3.8) is 0 Å². The van der Waals surface area contributed by atoms with Crippen molar-refractivity contribution in [2.75, 3.05) is 31.1 Å². The lowest BCUT2D eigenvalue weighted by molar-refractivity contribution is 0.187. The van der Waals surface area contributed by atoms with Crippen molar-refractivity contribution in [1.29, 1.82) is 0 Å². The van der Waals surface area contributed by atoms with Gasteiger partial charge in [-0.3, -0.25) is 4.99 Å². The van der Waals surface area contributed by atoms with Crippen LogP contribution in [0.15, 0.2) is 53.5 Å². The minimum atomic E-state index is -0.612. The Labute approximate surface area is 198 Å². The molecular weight excluding hydrogens is 487 g/mol. The number of nitrogens with one attached hydrogen (secondary N) is 2. The van der Waals surface area contributed by atoms with Crippen LogP contribution < -0.4 is 15.5 Å². The van der Waals surface area contributed by atoms with Crippen LogP contribution in [0.25, 0.3) is 0 Å². The Hall–Kier alpha value is -1.80. The van der Waals surface area contributed by atoms with Gasteiger partial charge < -0.3 is 20.6 Å². The van der Waals surface area contributed by atoms with Gasteiger partial charge in [0.15, 0.2) is 5.96 Å². The van der Waals surface area contributed by atoms with Crippen molar-refractivity contribution >= 4 is 35.6 Å². The molecule has 1 aliphatic heterocycles. The topological polar surface area (TPSA) is 59.9 Å². The first-order valence-corrected chi connectivity index (χ1v) is 10.7. The van der Waals surface area contributed by atoms with Gasteiger partial charge in [-0.15, -0.1) is 24.0 Å². The van der Waals surface area contributed by atoms with E-state index in [-0.39, 0.29) is 30.0 Å². The quantitative estimate of drug-likeness (QED) is 0.284. The number of aryl methyl sites for hydroxylation is 1. The summed E-state index contributed by atoms with van der Waals surface area (Å²) in [5, 5.41) is 17.3. The molecule has 3 N–H and O–H groups in total. The van der Waals surface area contributed by atoms with Crippen LogP contribution in [-0.4, -0.2) is 37.2 Å². The molecule has 0 amide bonds. The highest BCUT2D eigenvalue weighted by Crippen LogP contribution is 2.24. The molecule has 0 saturated carbocycles. The molecule has 2 aromatic carbocycles. The molecular formula is C24H35IN4O. The van der Waals surface area contributed by atoms with E-state index in [4.69, 9.17) is 0 Å². The van der Waals surface area contributed by atoms with Crippen molar-refractivity contribution < 1.29 is 5.11 Å². The summed E-state index contributed by atoms with van der Waals surface area (Å²) >= 11 is 0. The zero-order valence-electron chi connectivity index (χ0n) is 18.3. The molecule has 30 heavy (non-hydrogen) atoms. The van der Waals surface area contributed by atoms with E-state index < -0.39 is 6.10 Å². The molecule has 6 heteroatoms. The number of hydrogen-bond donors (Lipinski definition) is 3. The Kier molecular flexibility index (Phi) is 9.91. The Morgan fingerprint density at radius 3 is 2.50 bits per heavy atom. The van der Waals surface area contributed by atoms with Gasteiger partial charge in [0.1, 0.15) is 0 Å². The summed E-state index contributed by atoms with van der Waals surface area (Å²) in [6.07, 6.45) is 1.94. The van der Waals surface area contributed by atoms with E-state index in [9.17, 15) is 5.11 Å². The predicted molar refractivity (Wildman–Crippen MR) is 137 cm³/mol. The first-order chi connectivity index (χ1) is 14.1. The van der Waals surface area contributed by atoms with Crippen LogP contribution in [0.5, 0.6) is 0 Å². The summed E-state index contributed by atoms with van der Waals surface area (Å²) in [5.41, 5.74) is 4.57. The first kappa shape index (κ1) is 24.5. The van der Waals surface area contributed by atoms with Crippen LogP contribution in [0, 0.1) is 6.92 Å². The summed E-state index contributed by atoms with van der Waals surface area (Å²) in [7, 11) is 0. The average Bonchev–Trinajstić information content (AvgIpc) is 3.27. The van der Waals surface area contributed by atoms with Gasteiger partial charge in [-0.05, 0) is 56.9 Å². The second-order valence-electron chi connectivity index (χ2n) is 7.80. The second-order valence-corrected chi connectivity index (χ2v) is 7.80. The minimum Gasteiger partial charge on any atom is -0.386 e. The van der Waals surface area contributed by atoms with E-state index in [1.54, 1.807) is 0 Å². The standard InChI is InChI=1S/C24H34N4O.HI/c1-4-25-24(26-17-23(29)21-11-7-9-18(2)15-21)27-19(3)20-10-8-12-22(16-20)28-13-5-6-14-28;/h7-12,15-16,19,23,29H,4-6,13-14,17H2,1-3H3,(H2,25,26,27);1H. The van der Waals surface area contributed by atoms with Crippen molar-refractivity contribution in [3.8, 4) is 0 Å². The van der Waals surface area contributed by atoms with Gasteiger partial charge in [-0.2, -0.15) is 0 Å². The molecule has 2 atom stereocenters. The van der Waals surface area contributed by atoms with Gasteiger partial charge in [0.05, 0.1) is 18.7 Å². The summed E-state index contributed by atoms with van der Waals surface area (Å²) in [6, 6.07) is 16.8. The highest BCUT2D eigenvalue weighted by atomic mass is 127. The maximum atomic E-state index is 10.5. The fraction of sp³-hybridized carbons (Fsp3) is 0.458. The molecule has 5 nitrogen and oxygen atoms in total. The first-order valence-electron chi connectivity index (χ1n) is 10.7.